The van der Waals surface area contributed by atoms with Crippen LogP contribution < -0.4 is 10.7 Å². The average Bonchev–Trinajstić information content (AvgIpc) is 2.83. The molecule has 2 aromatic carbocycles. The summed E-state index contributed by atoms with van der Waals surface area (Å²) in [6, 6.07) is 11.8. The zero-order valence-electron chi connectivity index (χ0n) is 21.1. The molecule has 2 amide bonds. The van der Waals surface area contributed by atoms with Crippen LogP contribution in [0.15, 0.2) is 60.9 Å². The van der Waals surface area contributed by atoms with Crippen molar-refractivity contribution in [3.63, 3.8) is 0 Å². The molecule has 3 aromatic rings. The number of halogens is 6. The minimum Gasteiger partial charge on any atom is -0.352 e. The van der Waals surface area contributed by atoms with Gasteiger partial charge in [-0.25, -0.2) is 13.8 Å². The van der Waals surface area contributed by atoms with Gasteiger partial charge in [0.25, 0.3) is 5.91 Å². The van der Waals surface area contributed by atoms with Gasteiger partial charge in [0.05, 0.1) is 16.6 Å². The van der Waals surface area contributed by atoms with Crippen molar-refractivity contribution in [2.45, 2.75) is 33.0 Å². The van der Waals surface area contributed by atoms with E-state index in [2.05, 4.69) is 15.7 Å². The minimum absolute atomic E-state index is 0.188. The fourth-order valence-corrected chi connectivity index (χ4v) is 2.94. The Bertz CT molecular complexity index is 1190. The summed E-state index contributed by atoms with van der Waals surface area (Å²) in [5, 5.41) is 4.63. The maximum Gasteiger partial charge on any atom is 0.386 e. The van der Waals surface area contributed by atoms with Crippen molar-refractivity contribution < 1.29 is 31.5 Å². The zero-order valence-corrected chi connectivity index (χ0v) is 21.9. The number of nitrogens with zero attached hydrogens (tertiary/aromatic N) is 2. The van der Waals surface area contributed by atoms with Gasteiger partial charge >= 0.3 is 6.18 Å². The molecule has 0 spiro atoms. The molecule has 0 radical (unpaired) electrons. The SMILES string of the molecule is CC(F)(F)F.CC(NC=O)c1ccc(-c2cccc(F)c2)cc1F.CCN(C)NC(=O)c1cncc(Cl)c1. The number of aromatic nitrogens is 1. The van der Waals surface area contributed by atoms with Gasteiger partial charge in [-0.15, -0.1) is 0 Å². The third kappa shape index (κ3) is 12.6. The topological polar surface area (TPSA) is 74.3 Å². The van der Waals surface area contributed by atoms with E-state index in [0.29, 0.717) is 33.7 Å². The van der Waals surface area contributed by atoms with E-state index in [9.17, 15) is 31.5 Å². The summed E-state index contributed by atoms with van der Waals surface area (Å²) in [6.07, 6.45) is -0.503. The number of hydrazine groups is 1. The van der Waals surface area contributed by atoms with Crippen molar-refractivity contribution in [1.82, 2.24) is 20.7 Å². The lowest BCUT2D eigenvalue weighted by Gasteiger charge is -2.15. The Morgan fingerprint density at radius 1 is 1.11 bits per heavy atom. The molecule has 206 valence electrons. The summed E-state index contributed by atoms with van der Waals surface area (Å²) in [5.41, 5.74) is 4.73. The molecule has 0 aliphatic carbocycles. The van der Waals surface area contributed by atoms with Crippen molar-refractivity contribution in [1.29, 1.82) is 0 Å². The Hall–Kier alpha value is -3.57. The van der Waals surface area contributed by atoms with Gasteiger partial charge in [-0.3, -0.25) is 20.0 Å². The molecular formula is C26H28ClF5N4O2. The molecule has 3 rings (SSSR count). The predicted octanol–water partition coefficient (Wildman–Crippen LogP) is 6.34. The van der Waals surface area contributed by atoms with Crippen LogP contribution in [-0.4, -0.2) is 42.1 Å². The fraction of sp³-hybridized carbons (Fsp3) is 0.269. The summed E-state index contributed by atoms with van der Waals surface area (Å²) in [4.78, 5) is 25.7. The monoisotopic (exact) mass is 558 g/mol. The number of hydrogen-bond acceptors (Lipinski definition) is 4. The van der Waals surface area contributed by atoms with Crippen LogP contribution in [0.25, 0.3) is 11.1 Å². The molecule has 2 N–H and O–H groups in total. The second kappa shape index (κ2) is 15.6. The summed E-state index contributed by atoms with van der Waals surface area (Å²) in [7, 11) is 1.79. The third-order valence-corrected chi connectivity index (χ3v) is 4.88. The van der Waals surface area contributed by atoms with Crippen molar-refractivity contribution >= 4 is 23.9 Å². The van der Waals surface area contributed by atoms with Crippen LogP contribution in [0.5, 0.6) is 0 Å². The maximum absolute atomic E-state index is 14.0. The van der Waals surface area contributed by atoms with E-state index in [1.807, 2.05) is 6.92 Å². The lowest BCUT2D eigenvalue weighted by atomic mass is 10.0. The first-order valence-electron chi connectivity index (χ1n) is 11.2. The lowest BCUT2D eigenvalue weighted by molar-refractivity contribution is -0.111. The molecule has 0 aliphatic heterocycles. The van der Waals surface area contributed by atoms with Crippen molar-refractivity contribution in [2.75, 3.05) is 13.6 Å². The number of carbonyl (C=O) groups is 2. The van der Waals surface area contributed by atoms with E-state index in [0.717, 1.165) is 6.54 Å². The number of pyridine rings is 1. The van der Waals surface area contributed by atoms with E-state index in [4.69, 9.17) is 11.6 Å². The number of alkyl halides is 3. The van der Waals surface area contributed by atoms with Gasteiger partial charge in [0.2, 0.25) is 6.41 Å². The molecule has 38 heavy (non-hydrogen) atoms. The molecule has 0 fully saturated rings. The van der Waals surface area contributed by atoms with Gasteiger partial charge in [-0.2, -0.15) is 13.2 Å². The predicted molar refractivity (Wildman–Crippen MR) is 136 cm³/mol. The van der Waals surface area contributed by atoms with Crippen molar-refractivity contribution in [3.05, 3.63) is 88.7 Å². The molecule has 1 unspecified atom stereocenters. The molecule has 0 saturated heterocycles. The van der Waals surface area contributed by atoms with Crippen LogP contribution in [-0.2, 0) is 4.79 Å². The number of hydrogen-bond donors (Lipinski definition) is 2. The van der Waals surface area contributed by atoms with Gasteiger partial charge < -0.3 is 5.32 Å². The Kier molecular flexibility index (Phi) is 13.3. The standard InChI is InChI=1S/C15H13F2NO.C9H12ClN3O.C2H3F3/c1-10(18-9-19)14-6-5-12(8-15(14)17)11-3-2-4-13(16)7-11;1-3-13(2)12-9(14)7-4-8(10)6-11-5-7;1-2(3,4)5/h2-10H,1H3,(H,18,19);4-6H,3H2,1-2H3,(H,12,14);1H3. The first-order chi connectivity index (χ1) is 17.7. The molecule has 0 bridgehead atoms. The quantitative estimate of drug-likeness (QED) is 0.202. The molecule has 1 aromatic heterocycles. The number of carbonyl (C=O) groups excluding carboxylic acids is 2. The average molecular weight is 559 g/mol. The van der Waals surface area contributed by atoms with Crippen LogP contribution in [0.1, 0.15) is 42.7 Å². The van der Waals surface area contributed by atoms with Crippen LogP contribution in [0, 0.1) is 11.6 Å². The number of rotatable bonds is 7. The van der Waals surface area contributed by atoms with Crippen LogP contribution >= 0.6 is 11.6 Å². The molecule has 1 heterocycles. The number of amides is 2. The smallest absolute Gasteiger partial charge is 0.352 e. The van der Waals surface area contributed by atoms with Crippen LogP contribution in [0.2, 0.25) is 5.02 Å². The molecule has 6 nitrogen and oxygen atoms in total. The Balaban J connectivity index is 0.000000334. The Labute approximate surface area is 222 Å². The maximum atomic E-state index is 14.0. The van der Waals surface area contributed by atoms with Gasteiger partial charge in [-0.1, -0.05) is 42.8 Å². The molecule has 0 aliphatic rings. The minimum atomic E-state index is -4.00. The highest BCUT2D eigenvalue weighted by molar-refractivity contribution is 6.30. The highest BCUT2D eigenvalue weighted by Gasteiger charge is 2.15. The summed E-state index contributed by atoms with van der Waals surface area (Å²) in [6.45, 7) is 4.55. The van der Waals surface area contributed by atoms with E-state index in [1.54, 1.807) is 49.3 Å². The van der Waals surface area contributed by atoms with Crippen LogP contribution in [0.3, 0.4) is 0 Å². The van der Waals surface area contributed by atoms with E-state index >= 15 is 0 Å². The number of benzene rings is 2. The Morgan fingerprint density at radius 2 is 1.74 bits per heavy atom. The summed E-state index contributed by atoms with van der Waals surface area (Å²) < 4.78 is 58.1. The lowest BCUT2D eigenvalue weighted by Crippen LogP contribution is -2.39. The second-order valence-electron chi connectivity index (χ2n) is 7.88. The van der Waals surface area contributed by atoms with Gasteiger partial charge in [0, 0.05) is 38.5 Å². The largest absolute Gasteiger partial charge is 0.386 e. The summed E-state index contributed by atoms with van der Waals surface area (Å²) >= 11 is 5.70. The molecule has 0 saturated carbocycles. The second-order valence-corrected chi connectivity index (χ2v) is 8.32. The van der Waals surface area contributed by atoms with Crippen molar-refractivity contribution in [2.24, 2.45) is 0 Å². The Morgan fingerprint density at radius 3 is 2.26 bits per heavy atom. The highest BCUT2D eigenvalue weighted by Crippen LogP contribution is 2.25. The van der Waals surface area contributed by atoms with E-state index < -0.39 is 18.0 Å². The van der Waals surface area contributed by atoms with E-state index in [1.165, 1.54) is 30.6 Å². The van der Waals surface area contributed by atoms with Gasteiger partial charge in [-0.05, 0) is 42.3 Å². The fourth-order valence-electron chi connectivity index (χ4n) is 2.77. The molecule has 1 atom stereocenters. The van der Waals surface area contributed by atoms with Gasteiger partial charge in [0.1, 0.15) is 11.6 Å². The number of nitrogens with one attached hydrogen (secondary N) is 2. The summed E-state index contributed by atoms with van der Waals surface area (Å²) in [5.74, 6) is -0.995. The third-order valence-electron chi connectivity index (χ3n) is 4.68. The zero-order chi connectivity index (χ0) is 28.9. The van der Waals surface area contributed by atoms with Crippen LogP contribution in [0.4, 0.5) is 22.0 Å². The first-order valence-corrected chi connectivity index (χ1v) is 11.6. The van der Waals surface area contributed by atoms with Crippen molar-refractivity contribution in [3.8, 4) is 11.1 Å². The van der Waals surface area contributed by atoms with Gasteiger partial charge in [0.15, 0.2) is 0 Å². The van der Waals surface area contributed by atoms with E-state index in [-0.39, 0.29) is 18.6 Å². The highest BCUT2D eigenvalue weighted by atomic mass is 35.5. The molecular weight excluding hydrogens is 531 g/mol. The normalized spacial score (nSPS) is 11.3. The molecule has 12 heteroatoms. The first kappa shape index (κ1) is 32.5.